The number of allylic oxidation sites excluding steroid dienone is 1. The Balaban J connectivity index is 1.76. The highest BCUT2D eigenvalue weighted by Gasteiger charge is 2.17. The number of benzene rings is 1. The summed E-state index contributed by atoms with van der Waals surface area (Å²) >= 11 is 8.80. The second-order valence-electron chi connectivity index (χ2n) is 4.77. The lowest BCUT2D eigenvalue weighted by Gasteiger charge is -2.08. The van der Waals surface area contributed by atoms with Gasteiger partial charge in [-0.1, -0.05) is 52.9 Å². The Morgan fingerprint density at radius 3 is 2.92 bits per heavy atom. The highest BCUT2D eigenvalue weighted by Crippen LogP contribution is 2.29. The molecule has 0 aliphatic heterocycles. The van der Waals surface area contributed by atoms with Crippen LogP contribution in [0.1, 0.15) is 0 Å². The minimum absolute atomic E-state index is 0.178. The molecule has 1 aromatic carbocycles. The number of hydrogen-bond acceptors (Lipinski definition) is 7. The zero-order valence-corrected chi connectivity index (χ0v) is 15.3. The van der Waals surface area contributed by atoms with Crippen molar-refractivity contribution in [1.82, 2.24) is 25.0 Å². The van der Waals surface area contributed by atoms with Gasteiger partial charge < -0.3 is 0 Å². The Bertz CT molecular complexity index is 880. The summed E-state index contributed by atoms with van der Waals surface area (Å²) in [5.74, 6) is 0.629. The van der Waals surface area contributed by atoms with Crippen LogP contribution in [-0.4, -0.2) is 36.6 Å². The van der Waals surface area contributed by atoms with Gasteiger partial charge in [-0.3, -0.25) is 14.7 Å². The molecule has 0 aliphatic carbocycles. The lowest BCUT2D eigenvalue weighted by molar-refractivity contribution is -0.113. The van der Waals surface area contributed by atoms with Gasteiger partial charge in [-0.2, -0.15) is 0 Å². The number of nitrogens with zero attached hydrogens (tertiary/aromatic N) is 5. The molecule has 0 radical (unpaired) electrons. The molecule has 10 heteroatoms. The zero-order valence-electron chi connectivity index (χ0n) is 12.9. The molecule has 0 bridgehead atoms. The fourth-order valence-electron chi connectivity index (χ4n) is 2.04. The van der Waals surface area contributed by atoms with Crippen LogP contribution in [0.4, 0.5) is 5.13 Å². The summed E-state index contributed by atoms with van der Waals surface area (Å²) in [5.41, 5.74) is 2.34. The minimum atomic E-state index is -0.186. The summed E-state index contributed by atoms with van der Waals surface area (Å²) < 4.78 is 1.87. The van der Waals surface area contributed by atoms with Crippen molar-refractivity contribution in [2.75, 3.05) is 11.1 Å². The van der Waals surface area contributed by atoms with Crippen LogP contribution in [0.25, 0.3) is 11.4 Å². The van der Waals surface area contributed by atoms with E-state index >= 15 is 0 Å². The number of rotatable bonds is 7. The first kappa shape index (κ1) is 17.6. The van der Waals surface area contributed by atoms with Gasteiger partial charge >= 0.3 is 0 Å². The van der Waals surface area contributed by atoms with Gasteiger partial charge in [-0.05, 0) is 12.1 Å². The number of amides is 1. The van der Waals surface area contributed by atoms with Gasteiger partial charge in [0.05, 0.1) is 10.8 Å². The maximum Gasteiger partial charge on any atom is 0.236 e. The number of carbonyl (C=O) groups excluding carboxylic acids is 1. The Morgan fingerprint density at radius 1 is 1.36 bits per heavy atom. The predicted octanol–water partition coefficient (Wildman–Crippen LogP) is 3.37. The minimum Gasteiger partial charge on any atom is -0.300 e. The van der Waals surface area contributed by atoms with Crippen LogP contribution in [0.3, 0.4) is 0 Å². The molecule has 25 heavy (non-hydrogen) atoms. The molecular weight excluding hydrogens is 380 g/mol. The molecule has 0 atom stereocenters. The highest BCUT2D eigenvalue weighted by atomic mass is 35.5. The van der Waals surface area contributed by atoms with Crippen molar-refractivity contribution >= 4 is 45.7 Å². The number of nitrogens with one attached hydrogen (secondary N) is 1. The summed E-state index contributed by atoms with van der Waals surface area (Å²) in [6, 6.07) is 7.42. The number of hydrogen-bond donors (Lipinski definition) is 1. The maximum atomic E-state index is 12.0. The predicted molar refractivity (Wildman–Crippen MR) is 99.9 cm³/mol. The molecule has 3 aromatic rings. The van der Waals surface area contributed by atoms with Crippen LogP contribution in [0.15, 0.2) is 47.6 Å². The van der Waals surface area contributed by atoms with Crippen molar-refractivity contribution in [2.24, 2.45) is 0 Å². The number of halogens is 1. The van der Waals surface area contributed by atoms with E-state index in [1.165, 1.54) is 23.1 Å². The summed E-state index contributed by atoms with van der Waals surface area (Å²) in [6.07, 6.45) is 1.75. The number of anilines is 1. The fraction of sp³-hybridized carbons (Fsp3) is 0.133. The summed E-state index contributed by atoms with van der Waals surface area (Å²) in [5, 5.41) is 20.2. The van der Waals surface area contributed by atoms with Crippen LogP contribution in [0, 0.1) is 0 Å². The Morgan fingerprint density at radius 2 is 2.20 bits per heavy atom. The molecule has 3 rings (SSSR count). The quantitative estimate of drug-likeness (QED) is 0.490. The van der Waals surface area contributed by atoms with E-state index in [1.54, 1.807) is 17.7 Å². The summed E-state index contributed by atoms with van der Waals surface area (Å²) in [7, 11) is 0. The molecule has 0 aliphatic rings. The van der Waals surface area contributed by atoms with E-state index in [-0.39, 0.29) is 11.7 Å². The molecule has 128 valence electrons. The van der Waals surface area contributed by atoms with Gasteiger partial charge in [0.15, 0.2) is 11.0 Å². The van der Waals surface area contributed by atoms with Gasteiger partial charge in [0.2, 0.25) is 11.0 Å². The first-order chi connectivity index (χ1) is 12.2. The monoisotopic (exact) mass is 392 g/mol. The third-order valence-electron chi connectivity index (χ3n) is 3.08. The third-order valence-corrected chi connectivity index (χ3v) is 4.99. The molecule has 7 nitrogen and oxygen atoms in total. The van der Waals surface area contributed by atoms with Gasteiger partial charge in [0, 0.05) is 12.1 Å². The second-order valence-corrected chi connectivity index (χ2v) is 6.95. The molecule has 0 unspecified atom stereocenters. The molecule has 2 aromatic heterocycles. The van der Waals surface area contributed by atoms with Crippen LogP contribution in [-0.2, 0) is 11.3 Å². The van der Waals surface area contributed by atoms with E-state index in [4.69, 9.17) is 11.6 Å². The largest absolute Gasteiger partial charge is 0.300 e. The second kappa shape index (κ2) is 8.24. The van der Waals surface area contributed by atoms with E-state index in [0.29, 0.717) is 27.7 Å². The third kappa shape index (κ3) is 4.25. The Kier molecular flexibility index (Phi) is 5.79. The first-order valence-electron chi connectivity index (χ1n) is 7.17. The van der Waals surface area contributed by atoms with Gasteiger partial charge in [0.25, 0.3) is 0 Å². The zero-order chi connectivity index (χ0) is 17.6. The van der Waals surface area contributed by atoms with E-state index in [1.807, 2.05) is 22.8 Å². The molecule has 1 N–H and O–H groups in total. The van der Waals surface area contributed by atoms with Crippen LogP contribution in [0.2, 0.25) is 5.02 Å². The van der Waals surface area contributed by atoms with Crippen molar-refractivity contribution in [3.05, 3.63) is 47.5 Å². The Hall–Kier alpha value is -2.23. The average molecular weight is 393 g/mol. The summed E-state index contributed by atoms with van der Waals surface area (Å²) in [6.45, 7) is 4.28. The van der Waals surface area contributed by atoms with E-state index in [2.05, 4.69) is 32.3 Å². The normalized spacial score (nSPS) is 10.6. The van der Waals surface area contributed by atoms with Crippen LogP contribution in [0.5, 0.6) is 0 Å². The van der Waals surface area contributed by atoms with Crippen LogP contribution >= 0.6 is 34.7 Å². The SMILES string of the molecule is C=CCn1c(SCC(=O)Nc2nncs2)nnc1-c1ccccc1Cl. The van der Waals surface area contributed by atoms with Crippen molar-refractivity contribution in [2.45, 2.75) is 11.7 Å². The smallest absolute Gasteiger partial charge is 0.236 e. The highest BCUT2D eigenvalue weighted by molar-refractivity contribution is 7.99. The molecule has 0 fully saturated rings. The topological polar surface area (TPSA) is 85.6 Å². The van der Waals surface area contributed by atoms with Crippen molar-refractivity contribution in [1.29, 1.82) is 0 Å². The standard InChI is InChI=1S/C15H13ClN6OS2/c1-2-7-22-13(10-5-3-4-6-11(10)16)19-21-15(22)24-8-12(23)18-14-20-17-9-25-14/h2-6,9H,1,7-8H2,(H,18,20,23). The molecule has 0 spiro atoms. The first-order valence-corrected chi connectivity index (χ1v) is 9.41. The fourth-order valence-corrected chi connectivity index (χ4v) is 3.47. The Labute approximate surface area is 157 Å². The van der Waals surface area contributed by atoms with E-state index in [0.717, 1.165) is 5.56 Å². The average Bonchev–Trinajstić information content (AvgIpc) is 3.24. The lowest BCUT2D eigenvalue weighted by Crippen LogP contribution is -2.14. The number of aromatic nitrogens is 5. The number of carbonyl (C=O) groups is 1. The van der Waals surface area contributed by atoms with Crippen LogP contribution < -0.4 is 5.32 Å². The number of thioether (sulfide) groups is 1. The van der Waals surface area contributed by atoms with E-state index < -0.39 is 0 Å². The van der Waals surface area contributed by atoms with Gasteiger partial charge in [-0.15, -0.1) is 27.0 Å². The molecule has 1 amide bonds. The van der Waals surface area contributed by atoms with E-state index in [9.17, 15) is 4.79 Å². The maximum absolute atomic E-state index is 12.0. The molecule has 2 heterocycles. The van der Waals surface area contributed by atoms with Crippen molar-refractivity contribution in [3.63, 3.8) is 0 Å². The van der Waals surface area contributed by atoms with Gasteiger partial charge in [-0.25, -0.2) is 0 Å². The molecule has 0 saturated carbocycles. The van der Waals surface area contributed by atoms with Gasteiger partial charge in [0.1, 0.15) is 5.51 Å². The van der Waals surface area contributed by atoms with Crippen molar-refractivity contribution < 1.29 is 4.79 Å². The molecule has 0 saturated heterocycles. The molecular formula is C15H13ClN6OS2. The summed E-state index contributed by atoms with van der Waals surface area (Å²) in [4.78, 5) is 12.0. The van der Waals surface area contributed by atoms with Crippen molar-refractivity contribution in [3.8, 4) is 11.4 Å². The lowest BCUT2D eigenvalue weighted by atomic mass is 10.2.